The van der Waals surface area contributed by atoms with E-state index in [0.717, 1.165) is 51.7 Å². The van der Waals surface area contributed by atoms with Crippen molar-refractivity contribution in [3.63, 3.8) is 0 Å². The molecule has 1 heterocycles. The summed E-state index contributed by atoms with van der Waals surface area (Å²) in [6, 6.07) is 0. The first kappa shape index (κ1) is 14.8. The van der Waals surface area contributed by atoms with Crippen LogP contribution in [-0.4, -0.2) is 36.6 Å². The molecule has 0 radical (unpaired) electrons. The number of amides is 2. The maximum Gasteiger partial charge on any atom is 0.245 e. The van der Waals surface area contributed by atoms with E-state index in [0.29, 0.717) is 12.3 Å². The Labute approximate surface area is 126 Å². The topological polar surface area (TPSA) is 67.4 Å². The van der Waals surface area contributed by atoms with Crippen LogP contribution in [0.15, 0.2) is 0 Å². The lowest BCUT2D eigenvalue weighted by molar-refractivity contribution is -0.134. The second kappa shape index (κ2) is 6.34. The number of ether oxygens (including phenoxy) is 1. The van der Waals surface area contributed by atoms with Gasteiger partial charge in [-0.3, -0.25) is 9.59 Å². The largest absolute Gasteiger partial charge is 0.378 e. The van der Waals surface area contributed by atoms with Gasteiger partial charge in [-0.2, -0.15) is 0 Å². The molecule has 0 bridgehead atoms. The van der Waals surface area contributed by atoms with Crippen molar-refractivity contribution in [2.75, 3.05) is 13.2 Å². The molecule has 3 fully saturated rings. The molecule has 118 valence electrons. The smallest absolute Gasteiger partial charge is 0.245 e. The SMILES string of the molecule is O=C(C[C@@H]1CCCO1)NC1(C(=O)NCC2CC2)CCCC1. The number of hydrogen-bond acceptors (Lipinski definition) is 3. The van der Waals surface area contributed by atoms with Crippen LogP contribution < -0.4 is 10.6 Å². The Morgan fingerprint density at radius 1 is 1.10 bits per heavy atom. The second-order valence-corrected chi connectivity index (χ2v) is 6.83. The number of carbonyl (C=O) groups is 2. The fraction of sp³-hybridized carbons (Fsp3) is 0.875. The highest BCUT2D eigenvalue weighted by molar-refractivity contribution is 5.91. The van der Waals surface area contributed by atoms with Gasteiger partial charge in [-0.1, -0.05) is 12.8 Å². The van der Waals surface area contributed by atoms with E-state index in [1.807, 2.05) is 0 Å². The van der Waals surface area contributed by atoms with E-state index in [4.69, 9.17) is 4.74 Å². The number of nitrogens with one attached hydrogen (secondary N) is 2. The van der Waals surface area contributed by atoms with Gasteiger partial charge in [-0.05, 0) is 44.4 Å². The standard InChI is InChI=1S/C16H26N2O3/c19-14(10-13-4-3-9-21-13)18-16(7-1-2-8-16)15(20)17-11-12-5-6-12/h12-13H,1-11H2,(H,17,20)(H,18,19)/t13-/m0/s1. The zero-order valence-corrected chi connectivity index (χ0v) is 12.7. The molecule has 0 spiro atoms. The molecule has 21 heavy (non-hydrogen) atoms. The summed E-state index contributed by atoms with van der Waals surface area (Å²) in [6.45, 7) is 1.52. The van der Waals surface area contributed by atoms with Crippen molar-refractivity contribution in [3.8, 4) is 0 Å². The van der Waals surface area contributed by atoms with Crippen LogP contribution in [0, 0.1) is 5.92 Å². The van der Waals surface area contributed by atoms with E-state index in [-0.39, 0.29) is 17.9 Å². The third-order valence-electron chi connectivity index (χ3n) is 4.96. The normalized spacial score (nSPS) is 27.5. The van der Waals surface area contributed by atoms with Crippen molar-refractivity contribution in [2.45, 2.75) is 69.4 Å². The zero-order chi connectivity index (χ0) is 14.7. The molecule has 0 aromatic carbocycles. The summed E-state index contributed by atoms with van der Waals surface area (Å²) in [6.07, 6.45) is 8.40. The van der Waals surface area contributed by atoms with Gasteiger partial charge in [0.15, 0.2) is 0 Å². The van der Waals surface area contributed by atoms with Crippen molar-refractivity contribution in [1.82, 2.24) is 10.6 Å². The van der Waals surface area contributed by atoms with Gasteiger partial charge in [0.2, 0.25) is 11.8 Å². The summed E-state index contributed by atoms with van der Waals surface area (Å²) in [5.74, 6) is 0.646. The average molecular weight is 294 g/mol. The monoisotopic (exact) mass is 294 g/mol. The fourth-order valence-electron chi connectivity index (χ4n) is 3.45. The molecule has 1 saturated heterocycles. The highest BCUT2D eigenvalue weighted by Crippen LogP contribution is 2.32. The summed E-state index contributed by atoms with van der Waals surface area (Å²) < 4.78 is 5.51. The molecule has 1 aliphatic heterocycles. The van der Waals surface area contributed by atoms with Gasteiger partial charge < -0.3 is 15.4 Å². The van der Waals surface area contributed by atoms with E-state index in [1.165, 1.54) is 12.8 Å². The van der Waals surface area contributed by atoms with E-state index < -0.39 is 5.54 Å². The van der Waals surface area contributed by atoms with Crippen molar-refractivity contribution in [3.05, 3.63) is 0 Å². The number of carbonyl (C=O) groups excluding carboxylic acids is 2. The first-order valence-electron chi connectivity index (χ1n) is 8.39. The molecule has 0 aromatic heterocycles. The lowest BCUT2D eigenvalue weighted by atomic mass is 9.95. The molecule has 2 N–H and O–H groups in total. The Morgan fingerprint density at radius 2 is 1.86 bits per heavy atom. The van der Waals surface area contributed by atoms with Crippen LogP contribution in [0.25, 0.3) is 0 Å². The van der Waals surface area contributed by atoms with Crippen LogP contribution in [0.3, 0.4) is 0 Å². The van der Waals surface area contributed by atoms with Gasteiger partial charge in [-0.15, -0.1) is 0 Å². The highest BCUT2D eigenvalue weighted by atomic mass is 16.5. The quantitative estimate of drug-likeness (QED) is 0.780. The predicted octanol–water partition coefficient (Wildman–Crippen LogP) is 1.51. The van der Waals surface area contributed by atoms with E-state index in [9.17, 15) is 9.59 Å². The predicted molar refractivity (Wildman–Crippen MR) is 78.7 cm³/mol. The van der Waals surface area contributed by atoms with Crippen LogP contribution in [0.5, 0.6) is 0 Å². The Morgan fingerprint density at radius 3 is 2.48 bits per heavy atom. The van der Waals surface area contributed by atoms with Crippen LogP contribution in [0.1, 0.15) is 57.8 Å². The first-order chi connectivity index (χ1) is 10.2. The van der Waals surface area contributed by atoms with Gasteiger partial charge in [0.05, 0.1) is 12.5 Å². The average Bonchev–Trinajstić information content (AvgIpc) is 2.93. The Hall–Kier alpha value is -1.10. The maximum absolute atomic E-state index is 12.5. The molecule has 2 amide bonds. The molecule has 2 saturated carbocycles. The lowest BCUT2D eigenvalue weighted by Gasteiger charge is -2.29. The minimum absolute atomic E-state index is 0.0209. The van der Waals surface area contributed by atoms with Crippen LogP contribution in [-0.2, 0) is 14.3 Å². The summed E-state index contributed by atoms with van der Waals surface area (Å²) in [7, 11) is 0. The van der Waals surface area contributed by atoms with Crippen molar-refractivity contribution >= 4 is 11.8 Å². The van der Waals surface area contributed by atoms with Crippen molar-refractivity contribution in [1.29, 1.82) is 0 Å². The molecular formula is C16H26N2O3. The zero-order valence-electron chi connectivity index (χ0n) is 12.7. The lowest BCUT2D eigenvalue weighted by Crippen LogP contribution is -2.57. The summed E-state index contributed by atoms with van der Waals surface area (Å²) in [5.41, 5.74) is -0.662. The second-order valence-electron chi connectivity index (χ2n) is 6.83. The van der Waals surface area contributed by atoms with Gasteiger partial charge in [0.25, 0.3) is 0 Å². The molecule has 3 aliphatic rings. The van der Waals surface area contributed by atoms with Gasteiger partial charge in [0, 0.05) is 13.2 Å². The molecule has 1 atom stereocenters. The molecular weight excluding hydrogens is 268 g/mol. The van der Waals surface area contributed by atoms with Crippen LogP contribution in [0.4, 0.5) is 0 Å². The molecule has 5 nitrogen and oxygen atoms in total. The molecule has 5 heteroatoms. The van der Waals surface area contributed by atoms with Crippen LogP contribution >= 0.6 is 0 Å². The van der Waals surface area contributed by atoms with Gasteiger partial charge in [-0.25, -0.2) is 0 Å². The summed E-state index contributed by atoms with van der Waals surface area (Å²) in [4.78, 5) is 24.8. The Bertz CT molecular complexity index is 394. The first-order valence-corrected chi connectivity index (χ1v) is 8.39. The summed E-state index contributed by atoms with van der Waals surface area (Å²) >= 11 is 0. The summed E-state index contributed by atoms with van der Waals surface area (Å²) in [5, 5.41) is 6.07. The van der Waals surface area contributed by atoms with Crippen molar-refractivity contribution < 1.29 is 14.3 Å². The van der Waals surface area contributed by atoms with Crippen molar-refractivity contribution in [2.24, 2.45) is 5.92 Å². The van der Waals surface area contributed by atoms with Gasteiger partial charge in [0.1, 0.15) is 5.54 Å². The van der Waals surface area contributed by atoms with E-state index in [1.54, 1.807) is 0 Å². The third-order valence-corrected chi connectivity index (χ3v) is 4.96. The third kappa shape index (κ3) is 3.76. The van der Waals surface area contributed by atoms with Crippen LogP contribution in [0.2, 0.25) is 0 Å². The highest BCUT2D eigenvalue weighted by Gasteiger charge is 2.43. The molecule has 0 unspecified atom stereocenters. The minimum atomic E-state index is -0.662. The molecule has 0 aromatic rings. The van der Waals surface area contributed by atoms with E-state index >= 15 is 0 Å². The van der Waals surface area contributed by atoms with E-state index in [2.05, 4.69) is 10.6 Å². The van der Waals surface area contributed by atoms with Gasteiger partial charge >= 0.3 is 0 Å². The number of rotatable bonds is 6. The molecule has 3 rings (SSSR count). The maximum atomic E-state index is 12.5. The number of hydrogen-bond donors (Lipinski definition) is 2. The fourth-order valence-corrected chi connectivity index (χ4v) is 3.45. The Kier molecular flexibility index (Phi) is 4.48. The minimum Gasteiger partial charge on any atom is -0.378 e. The molecule has 2 aliphatic carbocycles. The Balaban J connectivity index is 1.54.